The number of hydrogen-bond donors (Lipinski definition) is 1. The summed E-state index contributed by atoms with van der Waals surface area (Å²) in [5.41, 5.74) is 5.78. The van der Waals surface area contributed by atoms with E-state index in [0.717, 1.165) is 29.5 Å². The van der Waals surface area contributed by atoms with Crippen molar-refractivity contribution in [3.8, 4) is 17.1 Å². The van der Waals surface area contributed by atoms with E-state index in [1.807, 2.05) is 49.4 Å². The summed E-state index contributed by atoms with van der Waals surface area (Å²) in [6.07, 6.45) is 1.82. The highest BCUT2D eigenvalue weighted by Gasteiger charge is 2.18. The number of hydrogen-bond acceptors (Lipinski definition) is 4. The molecule has 0 spiro atoms. The van der Waals surface area contributed by atoms with Crippen LogP contribution in [0.5, 0.6) is 5.75 Å². The van der Waals surface area contributed by atoms with E-state index in [9.17, 15) is 4.79 Å². The van der Waals surface area contributed by atoms with E-state index in [-0.39, 0.29) is 11.6 Å². The van der Waals surface area contributed by atoms with Crippen LogP contribution in [0.2, 0.25) is 0 Å². The van der Waals surface area contributed by atoms with Crippen LogP contribution in [0.15, 0.2) is 83.4 Å². The number of benzene rings is 3. The maximum Gasteiger partial charge on any atom is 0.273 e. The Bertz CT molecular complexity index is 1200. The number of aromatic nitrogens is 1. The summed E-state index contributed by atoms with van der Waals surface area (Å²) in [5, 5.41) is 6.73. The Morgan fingerprint density at radius 3 is 2.33 bits per heavy atom. The molecular formula is C28H28N2O3. The van der Waals surface area contributed by atoms with Crippen LogP contribution in [0.4, 0.5) is 0 Å². The van der Waals surface area contributed by atoms with Crippen LogP contribution in [0.1, 0.15) is 39.7 Å². The quantitative estimate of drug-likeness (QED) is 0.359. The van der Waals surface area contributed by atoms with E-state index in [4.69, 9.17) is 9.26 Å². The molecule has 5 nitrogen and oxygen atoms in total. The molecule has 5 heteroatoms. The van der Waals surface area contributed by atoms with Crippen molar-refractivity contribution >= 4 is 5.91 Å². The molecule has 0 aliphatic rings. The minimum atomic E-state index is -0.254. The third kappa shape index (κ3) is 5.69. The van der Waals surface area contributed by atoms with Gasteiger partial charge in [-0.3, -0.25) is 4.79 Å². The van der Waals surface area contributed by atoms with Gasteiger partial charge in [0.2, 0.25) is 0 Å². The van der Waals surface area contributed by atoms with Gasteiger partial charge < -0.3 is 14.6 Å². The average Bonchev–Trinajstić information content (AvgIpc) is 3.34. The molecule has 0 saturated heterocycles. The molecule has 3 aromatic carbocycles. The number of carbonyl (C=O) groups is 1. The van der Waals surface area contributed by atoms with E-state index >= 15 is 0 Å². The van der Waals surface area contributed by atoms with Crippen LogP contribution in [-0.2, 0) is 19.4 Å². The first-order chi connectivity index (χ1) is 16.1. The topological polar surface area (TPSA) is 64.4 Å². The molecule has 0 aliphatic carbocycles. The average molecular weight is 441 g/mol. The van der Waals surface area contributed by atoms with Gasteiger partial charge in [0.1, 0.15) is 12.4 Å². The van der Waals surface area contributed by atoms with Gasteiger partial charge in [0, 0.05) is 12.6 Å². The number of ether oxygens (including phenoxy) is 1. The fourth-order valence-electron chi connectivity index (χ4n) is 3.73. The van der Waals surface area contributed by atoms with Crippen LogP contribution < -0.4 is 10.1 Å². The Kier molecular flexibility index (Phi) is 7.20. The van der Waals surface area contributed by atoms with Gasteiger partial charge in [0.15, 0.2) is 11.5 Å². The van der Waals surface area contributed by atoms with E-state index < -0.39 is 0 Å². The van der Waals surface area contributed by atoms with Gasteiger partial charge in [-0.05, 0) is 61.1 Å². The number of nitrogens with one attached hydrogen (secondary N) is 1. The number of carbonyl (C=O) groups excluding carboxylic acids is 1. The Hall–Kier alpha value is -3.86. The van der Waals surface area contributed by atoms with Crippen LogP contribution >= 0.6 is 0 Å². The first-order valence-corrected chi connectivity index (χ1v) is 11.2. The lowest BCUT2D eigenvalue weighted by molar-refractivity contribution is 0.0947. The predicted octanol–water partition coefficient (Wildman–Crippen LogP) is 5.76. The van der Waals surface area contributed by atoms with Gasteiger partial charge in [-0.2, -0.15) is 0 Å². The lowest BCUT2D eigenvalue weighted by atomic mass is 9.96. The number of aryl methyl sites for hydroxylation is 3. The van der Waals surface area contributed by atoms with Crippen molar-refractivity contribution in [3.05, 3.63) is 107 Å². The lowest BCUT2D eigenvalue weighted by Gasteiger charge is -2.15. The minimum absolute atomic E-state index is 0.254. The number of nitrogens with zero attached hydrogens (tertiary/aromatic N) is 1. The maximum atomic E-state index is 12.2. The highest BCUT2D eigenvalue weighted by atomic mass is 16.5. The van der Waals surface area contributed by atoms with Gasteiger partial charge in [-0.1, -0.05) is 65.8 Å². The van der Waals surface area contributed by atoms with Gasteiger partial charge in [-0.15, -0.1) is 0 Å². The Balaban J connectivity index is 1.64. The van der Waals surface area contributed by atoms with Gasteiger partial charge in [-0.25, -0.2) is 0 Å². The number of amides is 1. The second-order valence-electron chi connectivity index (χ2n) is 7.97. The standard InChI is InChI=1S/C28H28N2O3/c1-3-29-28(31)25-18-27(33-30-25)24-17-23(15-14-21-10-6-4-7-11-21)20(2)16-26(24)32-19-22-12-8-5-9-13-22/h4-13,16-18H,3,14-15,19H2,1-2H3,(H,29,31). The van der Waals surface area contributed by atoms with Crippen molar-refractivity contribution in [2.75, 3.05) is 6.54 Å². The van der Waals surface area contributed by atoms with Crippen LogP contribution in [-0.4, -0.2) is 17.6 Å². The van der Waals surface area contributed by atoms with Crippen LogP contribution in [0.3, 0.4) is 0 Å². The first kappa shape index (κ1) is 22.3. The molecule has 1 heterocycles. The monoisotopic (exact) mass is 440 g/mol. The maximum absolute atomic E-state index is 12.2. The highest BCUT2D eigenvalue weighted by molar-refractivity contribution is 5.93. The predicted molar refractivity (Wildman–Crippen MR) is 129 cm³/mol. The van der Waals surface area contributed by atoms with Crippen molar-refractivity contribution in [2.45, 2.75) is 33.3 Å². The van der Waals surface area contributed by atoms with Gasteiger partial charge in [0.25, 0.3) is 5.91 Å². The summed E-state index contributed by atoms with van der Waals surface area (Å²) in [7, 11) is 0. The van der Waals surface area contributed by atoms with Gasteiger partial charge >= 0.3 is 0 Å². The fourth-order valence-corrected chi connectivity index (χ4v) is 3.73. The molecule has 0 atom stereocenters. The third-order valence-electron chi connectivity index (χ3n) is 5.55. The Morgan fingerprint density at radius 2 is 1.64 bits per heavy atom. The fraction of sp³-hybridized carbons (Fsp3) is 0.214. The molecule has 4 rings (SSSR count). The zero-order valence-electron chi connectivity index (χ0n) is 19.0. The lowest BCUT2D eigenvalue weighted by Crippen LogP contribution is -2.22. The van der Waals surface area contributed by atoms with E-state index in [0.29, 0.717) is 24.7 Å². The molecular weight excluding hydrogens is 412 g/mol. The third-order valence-corrected chi connectivity index (χ3v) is 5.55. The summed E-state index contributed by atoms with van der Waals surface area (Å²) < 4.78 is 11.8. The van der Waals surface area contributed by atoms with E-state index in [2.05, 4.69) is 47.7 Å². The molecule has 0 fully saturated rings. The molecule has 0 radical (unpaired) electrons. The zero-order chi connectivity index (χ0) is 23.0. The molecule has 4 aromatic rings. The summed E-state index contributed by atoms with van der Waals surface area (Å²) >= 11 is 0. The van der Waals surface area contributed by atoms with Crippen LogP contribution in [0.25, 0.3) is 11.3 Å². The summed E-state index contributed by atoms with van der Waals surface area (Å²) in [4.78, 5) is 12.2. The molecule has 1 aromatic heterocycles. The van der Waals surface area contributed by atoms with Crippen molar-refractivity contribution in [2.24, 2.45) is 0 Å². The Labute approximate surface area is 194 Å². The van der Waals surface area contributed by atoms with Crippen molar-refractivity contribution < 1.29 is 14.1 Å². The molecule has 1 amide bonds. The summed E-state index contributed by atoms with van der Waals surface area (Å²) in [5.74, 6) is 0.967. The molecule has 1 N–H and O–H groups in total. The smallest absolute Gasteiger partial charge is 0.273 e. The molecule has 33 heavy (non-hydrogen) atoms. The largest absolute Gasteiger partial charge is 0.488 e. The van der Waals surface area contributed by atoms with Crippen molar-refractivity contribution in [3.63, 3.8) is 0 Å². The van der Waals surface area contributed by atoms with Crippen LogP contribution in [0, 0.1) is 6.92 Å². The molecule has 0 unspecified atom stereocenters. The van der Waals surface area contributed by atoms with Crippen molar-refractivity contribution in [1.29, 1.82) is 0 Å². The first-order valence-electron chi connectivity index (χ1n) is 11.2. The normalized spacial score (nSPS) is 10.7. The molecule has 0 saturated carbocycles. The Morgan fingerprint density at radius 1 is 0.939 bits per heavy atom. The second kappa shape index (κ2) is 10.6. The molecule has 0 bridgehead atoms. The summed E-state index contributed by atoms with van der Waals surface area (Å²) in [6.45, 7) is 4.93. The molecule has 0 aliphatic heterocycles. The highest BCUT2D eigenvalue weighted by Crippen LogP contribution is 2.34. The zero-order valence-corrected chi connectivity index (χ0v) is 19.0. The van der Waals surface area contributed by atoms with Gasteiger partial charge in [0.05, 0.1) is 5.56 Å². The minimum Gasteiger partial charge on any atom is -0.488 e. The van der Waals surface area contributed by atoms with Crippen molar-refractivity contribution in [1.82, 2.24) is 10.5 Å². The summed E-state index contributed by atoms with van der Waals surface area (Å²) in [6, 6.07) is 26.3. The SMILES string of the molecule is CCNC(=O)c1cc(-c2cc(CCc3ccccc3)c(C)cc2OCc2ccccc2)on1. The van der Waals surface area contributed by atoms with E-state index in [1.165, 1.54) is 11.1 Å². The molecule has 168 valence electrons. The van der Waals surface area contributed by atoms with E-state index in [1.54, 1.807) is 6.07 Å². The number of rotatable bonds is 9. The second-order valence-corrected chi connectivity index (χ2v) is 7.97.